The highest BCUT2D eigenvalue weighted by Crippen LogP contribution is 2.27. The SMILES string of the molecule is CN=C(NCCc1ccc(OCC(=O)NC2CC2)cc1)NCC1CC1.I. The Morgan fingerprint density at radius 2 is 1.88 bits per heavy atom. The molecule has 2 aliphatic rings. The maximum absolute atomic E-state index is 11.6. The first-order chi connectivity index (χ1) is 12.2. The molecule has 0 radical (unpaired) electrons. The van der Waals surface area contributed by atoms with Crippen LogP contribution in [-0.4, -0.2) is 44.7 Å². The van der Waals surface area contributed by atoms with Gasteiger partial charge < -0.3 is 20.7 Å². The summed E-state index contributed by atoms with van der Waals surface area (Å²) in [6, 6.07) is 8.29. The normalized spacial score (nSPS) is 16.4. The van der Waals surface area contributed by atoms with Gasteiger partial charge in [0, 0.05) is 26.2 Å². The van der Waals surface area contributed by atoms with E-state index < -0.39 is 0 Å². The molecule has 6 nitrogen and oxygen atoms in total. The van der Waals surface area contributed by atoms with Gasteiger partial charge in [-0.25, -0.2) is 0 Å². The first kappa shape index (κ1) is 20.8. The number of halogens is 1. The van der Waals surface area contributed by atoms with Crippen molar-refractivity contribution in [2.24, 2.45) is 10.9 Å². The van der Waals surface area contributed by atoms with E-state index in [1.807, 2.05) is 24.3 Å². The largest absolute Gasteiger partial charge is 0.484 e. The number of carbonyl (C=O) groups excluding carboxylic acids is 1. The fourth-order valence-corrected chi connectivity index (χ4v) is 2.51. The predicted molar refractivity (Wildman–Crippen MR) is 114 cm³/mol. The summed E-state index contributed by atoms with van der Waals surface area (Å²) in [5, 5.41) is 9.60. The second kappa shape index (κ2) is 10.6. The minimum Gasteiger partial charge on any atom is -0.484 e. The number of amides is 1. The average molecular weight is 472 g/mol. The van der Waals surface area contributed by atoms with Crippen molar-refractivity contribution in [3.05, 3.63) is 29.8 Å². The molecule has 0 heterocycles. The highest BCUT2D eigenvalue weighted by molar-refractivity contribution is 14.0. The molecule has 0 saturated heterocycles. The van der Waals surface area contributed by atoms with E-state index in [4.69, 9.17) is 4.74 Å². The zero-order valence-corrected chi connectivity index (χ0v) is 17.6. The summed E-state index contributed by atoms with van der Waals surface area (Å²) in [6.45, 7) is 1.93. The van der Waals surface area contributed by atoms with Crippen LogP contribution in [0.4, 0.5) is 0 Å². The minimum absolute atomic E-state index is 0. The van der Waals surface area contributed by atoms with Crippen LogP contribution in [0.1, 0.15) is 31.2 Å². The quantitative estimate of drug-likeness (QED) is 0.292. The highest BCUT2D eigenvalue weighted by Gasteiger charge is 2.23. The second-order valence-electron chi connectivity index (χ2n) is 6.85. The summed E-state index contributed by atoms with van der Waals surface area (Å²) in [5.74, 6) is 2.39. The number of nitrogens with zero attached hydrogens (tertiary/aromatic N) is 1. The molecule has 0 aromatic heterocycles. The number of ether oxygens (including phenoxy) is 1. The second-order valence-corrected chi connectivity index (χ2v) is 6.85. The Hall–Kier alpha value is -1.51. The lowest BCUT2D eigenvalue weighted by atomic mass is 10.1. The minimum atomic E-state index is -0.0409. The third-order valence-corrected chi connectivity index (χ3v) is 4.42. The molecule has 2 fully saturated rings. The molecule has 0 atom stereocenters. The van der Waals surface area contributed by atoms with Crippen molar-refractivity contribution in [2.75, 3.05) is 26.7 Å². The zero-order valence-electron chi connectivity index (χ0n) is 15.3. The van der Waals surface area contributed by atoms with E-state index in [1.165, 1.54) is 18.4 Å². The van der Waals surface area contributed by atoms with Crippen molar-refractivity contribution in [2.45, 2.75) is 38.1 Å². The summed E-state index contributed by atoms with van der Waals surface area (Å²) in [6.07, 6.45) is 5.76. The lowest BCUT2D eigenvalue weighted by Crippen LogP contribution is -2.39. The lowest BCUT2D eigenvalue weighted by Gasteiger charge is -2.11. The molecule has 26 heavy (non-hydrogen) atoms. The molecule has 1 amide bonds. The zero-order chi connectivity index (χ0) is 17.5. The average Bonchev–Trinajstić information content (AvgIpc) is 3.52. The summed E-state index contributed by atoms with van der Waals surface area (Å²) in [4.78, 5) is 15.8. The smallest absolute Gasteiger partial charge is 0.258 e. The van der Waals surface area contributed by atoms with E-state index in [-0.39, 0.29) is 36.5 Å². The molecule has 0 bridgehead atoms. The van der Waals surface area contributed by atoms with Crippen LogP contribution in [0.2, 0.25) is 0 Å². The molecule has 3 N–H and O–H groups in total. The van der Waals surface area contributed by atoms with Gasteiger partial charge in [0.25, 0.3) is 5.91 Å². The van der Waals surface area contributed by atoms with E-state index in [1.54, 1.807) is 7.05 Å². The number of aliphatic imine (C=N–C) groups is 1. The first-order valence-electron chi connectivity index (χ1n) is 9.18. The predicted octanol–water partition coefficient (Wildman–Crippen LogP) is 2.08. The fourth-order valence-electron chi connectivity index (χ4n) is 2.51. The van der Waals surface area contributed by atoms with Crippen molar-refractivity contribution in [3.8, 4) is 5.75 Å². The molecule has 1 aromatic rings. The van der Waals surface area contributed by atoms with Gasteiger partial charge in [0.05, 0.1) is 0 Å². The van der Waals surface area contributed by atoms with Gasteiger partial charge in [-0.05, 0) is 55.7 Å². The van der Waals surface area contributed by atoms with Gasteiger partial charge >= 0.3 is 0 Å². The van der Waals surface area contributed by atoms with Gasteiger partial charge in [0.2, 0.25) is 0 Å². The Bertz CT molecular complexity index is 598. The molecular formula is C19H29IN4O2. The van der Waals surface area contributed by atoms with E-state index in [2.05, 4.69) is 20.9 Å². The monoisotopic (exact) mass is 472 g/mol. The summed E-state index contributed by atoms with van der Waals surface area (Å²) >= 11 is 0. The number of carbonyl (C=O) groups is 1. The van der Waals surface area contributed by atoms with Crippen LogP contribution >= 0.6 is 24.0 Å². The van der Waals surface area contributed by atoms with Gasteiger partial charge in [-0.3, -0.25) is 9.79 Å². The molecular weight excluding hydrogens is 443 g/mol. The highest BCUT2D eigenvalue weighted by atomic mass is 127. The maximum atomic E-state index is 11.6. The van der Waals surface area contributed by atoms with Gasteiger partial charge in [-0.2, -0.15) is 0 Å². The van der Waals surface area contributed by atoms with Crippen LogP contribution in [-0.2, 0) is 11.2 Å². The summed E-state index contributed by atoms with van der Waals surface area (Å²) < 4.78 is 5.52. The van der Waals surface area contributed by atoms with Crippen molar-refractivity contribution >= 4 is 35.8 Å². The van der Waals surface area contributed by atoms with Crippen molar-refractivity contribution < 1.29 is 9.53 Å². The van der Waals surface area contributed by atoms with Gasteiger partial charge in [0.1, 0.15) is 5.75 Å². The molecule has 7 heteroatoms. The number of guanidine groups is 1. The molecule has 0 aliphatic heterocycles. The standard InChI is InChI=1S/C19H28N4O2.HI/c1-20-19(22-12-15-2-3-15)21-11-10-14-4-8-17(9-5-14)25-13-18(24)23-16-6-7-16;/h4-5,8-9,15-16H,2-3,6-7,10-13H2,1H3,(H,23,24)(H2,20,21,22);1H. The molecule has 0 unspecified atom stereocenters. The van der Waals surface area contributed by atoms with Crippen LogP contribution in [0.25, 0.3) is 0 Å². The van der Waals surface area contributed by atoms with Crippen molar-refractivity contribution in [1.82, 2.24) is 16.0 Å². The molecule has 2 saturated carbocycles. The van der Waals surface area contributed by atoms with E-state index in [0.29, 0.717) is 6.04 Å². The Morgan fingerprint density at radius 1 is 1.15 bits per heavy atom. The van der Waals surface area contributed by atoms with Crippen LogP contribution in [0.5, 0.6) is 5.75 Å². The number of hydrogen-bond donors (Lipinski definition) is 3. The maximum Gasteiger partial charge on any atom is 0.258 e. The third-order valence-electron chi connectivity index (χ3n) is 4.42. The number of benzene rings is 1. The van der Waals surface area contributed by atoms with E-state index >= 15 is 0 Å². The molecule has 144 valence electrons. The van der Waals surface area contributed by atoms with Crippen LogP contribution in [0.3, 0.4) is 0 Å². The first-order valence-corrected chi connectivity index (χ1v) is 9.18. The number of rotatable bonds is 9. The third kappa shape index (κ3) is 7.80. The van der Waals surface area contributed by atoms with Crippen molar-refractivity contribution in [1.29, 1.82) is 0 Å². The molecule has 3 rings (SSSR count). The van der Waals surface area contributed by atoms with Gasteiger partial charge in [-0.15, -0.1) is 24.0 Å². The Morgan fingerprint density at radius 3 is 2.50 bits per heavy atom. The topological polar surface area (TPSA) is 74.8 Å². The number of hydrogen-bond acceptors (Lipinski definition) is 3. The summed E-state index contributed by atoms with van der Waals surface area (Å²) in [5.41, 5.74) is 1.22. The van der Waals surface area contributed by atoms with Crippen molar-refractivity contribution in [3.63, 3.8) is 0 Å². The molecule has 1 aromatic carbocycles. The lowest BCUT2D eigenvalue weighted by molar-refractivity contribution is -0.123. The van der Waals surface area contributed by atoms with Crippen LogP contribution < -0.4 is 20.7 Å². The van der Waals surface area contributed by atoms with Crippen LogP contribution in [0, 0.1) is 5.92 Å². The Kier molecular flexibility index (Phi) is 8.47. The Labute approximate surface area is 172 Å². The van der Waals surface area contributed by atoms with E-state index in [9.17, 15) is 4.79 Å². The van der Waals surface area contributed by atoms with E-state index in [0.717, 1.165) is 50.0 Å². The van der Waals surface area contributed by atoms with Crippen LogP contribution in [0.15, 0.2) is 29.3 Å². The number of nitrogens with one attached hydrogen (secondary N) is 3. The fraction of sp³-hybridized carbons (Fsp3) is 0.579. The van der Waals surface area contributed by atoms with Gasteiger partial charge in [-0.1, -0.05) is 12.1 Å². The Balaban J connectivity index is 0.00000243. The molecule has 0 spiro atoms. The van der Waals surface area contributed by atoms with Gasteiger partial charge in [0.15, 0.2) is 12.6 Å². The summed E-state index contributed by atoms with van der Waals surface area (Å²) in [7, 11) is 1.80. The molecule has 2 aliphatic carbocycles.